The molecule has 1 aliphatic heterocycles. The molecule has 1 amide bonds. The van der Waals surface area contributed by atoms with Crippen molar-refractivity contribution in [1.82, 2.24) is 9.97 Å². The summed E-state index contributed by atoms with van der Waals surface area (Å²) in [6.45, 7) is 1.85. The third-order valence-corrected chi connectivity index (χ3v) is 4.70. The van der Waals surface area contributed by atoms with Crippen LogP contribution in [0.3, 0.4) is 0 Å². The summed E-state index contributed by atoms with van der Waals surface area (Å²) >= 11 is 17.9. The van der Waals surface area contributed by atoms with Crippen molar-refractivity contribution in [3.8, 4) is 0 Å². The fraction of sp³-hybridized carbons (Fsp3) is 0.312. The van der Waals surface area contributed by atoms with Crippen molar-refractivity contribution >= 4 is 52.5 Å². The van der Waals surface area contributed by atoms with Crippen LogP contribution in [0.4, 0.5) is 11.8 Å². The molecule has 126 valence electrons. The summed E-state index contributed by atoms with van der Waals surface area (Å²) in [5.74, 6) is 0.513. The van der Waals surface area contributed by atoms with Gasteiger partial charge in [-0.2, -0.15) is 4.98 Å². The topological polar surface area (TPSA) is 58.1 Å². The van der Waals surface area contributed by atoms with Gasteiger partial charge in [-0.25, -0.2) is 4.98 Å². The van der Waals surface area contributed by atoms with E-state index in [1.807, 2.05) is 0 Å². The van der Waals surface area contributed by atoms with Crippen molar-refractivity contribution in [2.24, 2.45) is 0 Å². The lowest BCUT2D eigenvalue weighted by Gasteiger charge is -2.27. The minimum atomic E-state index is -0.375. The highest BCUT2D eigenvalue weighted by atomic mass is 35.5. The molecule has 0 atom stereocenters. The fourth-order valence-corrected chi connectivity index (χ4v) is 3.03. The lowest BCUT2D eigenvalue weighted by Crippen LogP contribution is -2.30. The van der Waals surface area contributed by atoms with E-state index in [9.17, 15) is 4.79 Å². The SMILES string of the molecule is O=C(Nc1nc(Cl)cc(N2CCCCC2)n1)c1ccc(Cl)c(Cl)c1. The van der Waals surface area contributed by atoms with Gasteiger partial charge in [0.1, 0.15) is 11.0 Å². The molecular weight excluding hydrogens is 371 g/mol. The third-order valence-electron chi connectivity index (χ3n) is 3.77. The zero-order chi connectivity index (χ0) is 17.1. The second-order valence-corrected chi connectivity index (χ2v) is 6.70. The molecule has 0 saturated carbocycles. The van der Waals surface area contributed by atoms with Crippen molar-refractivity contribution in [3.05, 3.63) is 45.0 Å². The lowest BCUT2D eigenvalue weighted by atomic mass is 10.1. The summed E-state index contributed by atoms with van der Waals surface area (Å²) in [6.07, 6.45) is 3.45. The van der Waals surface area contributed by atoms with Crippen molar-refractivity contribution in [2.75, 3.05) is 23.3 Å². The molecule has 1 aromatic heterocycles. The van der Waals surface area contributed by atoms with Crippen LogP contribution in [0.5, 0.6) is 0 Å². The predicted octanol–water partition coefficient (Wildman–Crippen LogP) is 4.68. The van der Waals surface area contributed by atoms with Gasteiger partial charge in [0, 0.05) is 24.7 Å². The van der Waals surface area contributed by atoms with Gasteiger partial charge in [-0.05, 0) is 37.5 Å². The Morgan fingerprint density at radius 3 is 2.46 bits per heavy atom. The molecule has 24 heavy (non-hydrogen) atoms. The van der Waals surface area contributed by atoms with Gasteiger partial charge in [0.2, 0.25) is 5.95 Å². The standard InChI is InChI=1S/C16H15Cl3N4O/c17-11-5-4-10(8-12(11)18)15(24)22-16-20-13(19)9-14(21-16)23-6-2-1-3-7-23/h4-5,8-9H,1-3,6-7H2,(H,20,21,22,24). The van der Waals surface area contributed by atoms with E-state index in [0.717, 1.165) is 31.7 Å². The molecule has 3 rings (SSSR count). The van der Waals surface area contributed by atoms with Crippen LogP contribution in [-0.2, 0) is 0 Å². The lowest BCUT2D eigenvalue weighted by molar-refractivity contribution is 0.102. The van der Waals surface area contributed by atoms with Gasteiger partial charge in [-0.3, -0.25) is 10.1 Å². The van der Waals surface area contributed by atoms with E-state index in [2.05, 4.69) is 20.2 Å². The van der Waals surface area contributed by atoms with Gasteiger partial charge >= 0.3 is 0 Å². The number of hydrogen-bond acceptors (Lipinski definition) is 4. The minimum absolute atomic E-state index is 0.166. The van der Waals surface area contributed by atoms with E-state index < -0.39 is 0 Å². The predicted molar refractivity (Wildman–Crippen MR) is 97.5 cm³/mol. The van der Waals surface area contributed by atoms with E-state index in [4.69, 9.17) is 34.8 Å². The average Bonchev–Trinajstić information content (AvgIpc) is 2.57. The van der Waals surface area contributed by atoms with Crippen molar-refractivity contribution < 1.29 is 4.79 Å². The first-order valence-electron chi connectivity index (χ1n) is 7.59. The number of piperidine rings is 1. The highest BCUT2D eigenvalue weighted by Crippen LogP contribution is 2.24. The number of carbonyl (C=O) groups excluding carboxylic acids is 1. The molecule has 1 fully saturated rings. The largest absolute Gasteiger partial charge is 0.356 e. The Morgan fingerprint density at radius 2 is 1.75 bits per heavy atom. The maximum atomic E-state index is 12.3. The van der Waals surface area contributed by atoms with Gasteiger partial charge in [-0.1, -0.05) is 34.8 Å². The highest BCUT2D eigenvalue weighted by Gasteiger charge is 2.16. The molecule has 2 aromatic rings. The maximum Gasteiger partial charge on any atom is 0.258 e. The molecular formula is C16H15Cl3N4O. The van der Waals surface area contributed by atoms with E-state index in [0.29, 0.717) is 15.6 Å². The Labute approximate surface area is 154 Å². The van der Waals surface area contributed by atoms with Gasteiger partial charge in [0.05, 0.1) is 10.0 Å². The van der Waals surface area contributed by atoms with E-state index in [-0.39, 0.29) is 17.0 Å². The number of halogens is 3. The van der Waals surface area contributed by atoms with Crippen LogP contribution in [-0.4, -0.2) is 29.0 Å². The number of benzene rings is 1. The molecule has 0 aliphatic carbocycles. The summed E-state index contributed by atoms with van der Waals surface area (Å²) in [7, 11) is 0. The van der Waals surface area contributed by atoms with Crippen LogP contribution < -0.4 is 10.2 Å². The normalized spacial score (nSPS) is 14.5. The minimum Gasteiger partial charge on any atom is -0.356 e. The zero-order valence-corrected chi connectivity index (χ0v) is 15.0. The quantitative estimate of drug-likeness (QED) is 0.779. The van der Waals surface area contributed by atoms with Crippen LogP contribution in [0.2, 0.25) is 15.2 Å². The van der Waals surface area contributed by atoms with E-state index in [1.165, 1.54) is 12.5 Å². The number of hydrogen-bond donors (Lipinski definition) is 1. The fourth-order valence-electron chi connectivity index (χ4n) is 2.56. The first kappa shape index (κ1) is 17.3. The third kappa shape index (κ3) is 4.09. The monoisotopic (exact) mass is 384 g/mol. The first-order valence-corrected chi connectivity index (χ1v) is 8.72. The number of aromatic nitrogens is 2. The molecule has 1 aliphatic rings. The van der Waals surface area contributed by atoms with E-state index in [1.54, 1.807) is 18.2 Å². The number of carbonyl (C=O) groups is 1. The van der Waals surface area contributed by atoms with Crippen molar-refractivity contribution in [3.63, 3.8) is 0 Å². The smallest absolute Gasteiger partial charge is 0.258 e. The second-order valence-electron chi connectivity index (χ2n) is 5.50. The van der Waals surface area contributed by atoms with E-state index >= 15 is 0 Å². The number of nitrogens with zero attached hydrogens (tertiary/aromatic N) is 3. The summed E-state index contributed by atoms with van der Waals surface area (Å²) in [5, 5.41) is 3.64. The van der Waals surface area contributed by atoms with Crippen LogP contribution in [0.1, 0.15) is 29.6 Å². The molecule has 5 nitrogen and oxygen atoms in total. The van der Waals surface area contributed by atoms with Crippen LogP contribution in [0, 0.1) is 0 Å². The first-order chi connectivity index (χ1) is 11.5. The Kier molecular flexibility index (Phi) is 5.43. The Bertz CT molecular complexity index is 763. The van der Waals surface area contributed by atoms with Crippen LogP contribution in [0.15, 0.2) is 24.3 Å². The van der Waals surface area contributed by atoms with Gasteiger partial charge in [-0.15, -0.1) is 0 Å². The molecule has 1 aromatic carbocycles. The molecule has 0 spiro atoms. The van der Waals surface area contributed by atoms with Crippen LogP contribution in [0.25, 0.3) is 0 Å². The highest BCUT2D eigenvalue weighted by molar-refractivity contribution is 6.42. The average molecular weight is 386 g/mol. The van der Waals surface area contributed by atoms with Gasteiger partial charge < -0.3 is 4.90 Å². The van der Waals surface area contributed by atoms with Crippen LogP contribution >= 0.6 is 34.8 Å². The Balaban J connectivity index is 1.80. The summed E-state index contributed by atoms with van der Waals surface area (Å²) in [5.41, 5.74) is 0.368. The molecule has 0 unspecified atom stereocenters. The number of nitrogens with one attached hydrogen (secondary N) is 1. The second kappa shape index (κ2) is 7.55. The Hall–Kier alpha value is -1.56. The molecule has 8 heteroatoms. The molecule has 1 saturated heterocycles. The van der Waals surface area contributed by atoms with Gasteiger partial charge in [0.25, 0.3) is 5.91 Å². The maximum absolute atomic E-state index is 12.3. The van der Waals surface area contributed by atoms with Crippen molar-refractivity contribution in [1.29, 1.82) is 0 Å². The summed E-state index contributed by atoms with van der Waals surface area (Å²) < 4.78 is 0. The summed E-state index contributed by atoms with van der Waals surface area (Å²) in [4.78, 5) is 22.9. The molecule has 1 N–H and O–H groups in total. The summed E-state index contributed by atoms with van der Waals surface area (Å²) in [6, 6.07) is 6.35. The zero-order valence-electron chi connectivity index (χ0n) is 12.7. The Morgan fingerprint density at radius 1 is 1.00 bits per heavy atom. The molecule has 2 heterocycles. The number of anilines is 2. The number of amides is 1. The molecule has 0 bridgehead atoms. The van der Waals surface area contributed by atoms with Crippen molar-refractivity contribution in [2.45, 2.75) is 19.3 Å². The molecule has 0 radical (unpaired) electrons. The van der Waals surface area contributed by atoms with Gasteiger partial charge in [0.15, 0.2) is 0 Å². The number of rotatable bonds is 3.